The number of fused-ring (bicyclic) bond motifs is 1. The fraction of sp³-hybridized carbons (Fsp3) is 0.280. The molecule has 4 aromatic rings. The lowest BCUT2D eigenvalue weighted by Crippen LogP contribution is -2.56. The van der Waals surface area contributed by atoms with E-state index in [4.69, 9.17) is 11.6 Å². The highest BCUT2D eigenvalue weighted by Gasteiger charge is 2.37. The number of pyridine rings is 2. The Bertz CT molecular complexity index is 1500. The van der Waals surface area contributed by atoms with Crippen LogP contribution >= 0.6 is 11.6 Å². The molecular formula is C25H24ClN7O3. The molecule has 4 heterocycles. The van der Waals surface area contributed by atoms with Crippen LogP contribution in [0, 0.1) is 5.41 Å². The molecule has 0 unspecified atom stereocenters. The summed E-state index contributed by atoms with van der Waals surface area (Å²) in [7, 11) is 0. The molecule has 5 rings (SSSR count). The molecule has 1 N–H and O–H groups in total. The minimum atomic E-state index is -0.595. The Kier molecular flexibility index (Phi) is 6.05. The number of aromatic nitrogens is 5. The second kappa shape index (κ2) is 9.19. The van der Waals surface area contributed by atoms with E-state index in [0.717, 1.165) is 5.56 Å². The summed E-state index contributed by atoms with van der Waals surface area (Å²) < 4.78 is 1.26. The van der Waals surface area contributed by atoms with Gasteiger partial charge in [-0.05, 0) is 35.2 Å². The van der Waals surface area contributed by atoms with E-state index in [1.807, 2.05) is 0 Å². The minimum absolute atomic E-state index is 0.0449. The molecule has 0 saturated carbocycles. The maximum absolute atomic E-state index is 13.5. The fourth-order valence-corrected chi connectivity index (χ4v) is 4.48. The molecule has 36 heavy (non-hydrogen) atoms. The monoisotopic (exact) mass is 505 g/mol. The number of carbonyl (C=O) groups is 2. The van der Waals surface area contributed by atoms with Crippen LogP contribution in [0.3, 0.4) is 0 Å². The third-order valence-corrected chi connectivity index (χ3v) is 6.35. The first kappa shape index (κ1) is 23.7. The summed E-state index contributed by atoms with van der Waals surface area (Å²) in [6, 6.07) is 10.2. The summed E-state index contributed by atoms with van der Waals surface area (Å²) in [5.41, 5.74) is 0.980. The molecule has 0 spiro atoms. The average Bonchev–Trinajstić information content (AvgIpc) is 3.38. The Morgan fingerprint density at radius 1 is 1.06 bits per heavy atom. The van der Waals surface area contributed by atoms with Gasteiger partial charge in [0.15, 0.2) is 0 Å². The summed E-state index contributed by atoms with van der Waals surface area (Å²) in [6.07, 6.45) is 4.57. The summed E-state index contributed by atoms with van der Waals surface area (Å²) in [6.45, 7) is 5.34. The van der Waals surface area contributed by atoms with Crippen molar-refractivity contribution in [2.45, 2.75) is 26.9 Å². The molecule has 2 amide bonds. The number of likely N-dealkylation sites (tertiary alicyclic amines) is 1. The lowest BCUT2D eigenvalue weighted by Gasteiger charge is -2.45. The van der Waals surface area contributed by atoms with Gasteiger partial charge in [-0.25, -0.2) is 4.98 Å². The lowest BCUT2D eigenvalue weighted by molar-refractivity contribution is -0.142. The predicted octanol–water partition coefficient (Wildman–Crippen LogP) is 2.43. The smallest absolute Gasteiger partial charge is 0.265 e. The number of nitrogens with zero attached hydrogens (tertiary/aromatic N) is 6. The molecule has 11 heteroatoms. The maximum Gasteiger partial charge on any atom is 0.265 e. The van der Waals surface area contributed by atoms with Crippen LogP contribution in [0.4, 0.5) is 0 Å². The van der Waals surface area contributed by atoms with E-state index in [2.05, 4.69) is 34.3 Å². The molecule has 10 nitrogen and oxygen atoms in total. The Balaban J connectivity index is 1.55. The number of nitrogens with one attached hydrogen (secondary N) is 1. The second-order valence-corrected chi connectivity index (χ2v) is 9.99. The van der Waals surface area contributed by atoms with Crippen molar-refractivity contribution >= 4 is 34.4 Å². The van der Waals surface area contributed by atoms with E-state index < -0.39 is 11.5 Å². The first-order chi connectivity index (χ1) is 17.2. The summed E-state index contributed by atoms with van der Waals surface area (Å²) in [5.74, 6) is -0.771. The molecule has 1 fully saturated rings. The quantitative estimate of drug-likeness (QED) is 0.430. The van der Waals surface area contributed by atoms with Crippen LogP contribution < -0.4 is 10.9 Å². The average molecular weight is 506 g/mol. The summed E-state index contributed by atoms with van der Waals surface area (Å²) in [5, 5.41) is 12.2. The van der Waals surface area contributed by atoms with E-state index in [0.29, 0.717) is 29.2 Å². The summed E-state index contributed by atoms with van der Waals surface area (Å²) >= 11 is 5.93. The van der Waals surface area contributed by atoms with E-state index >= 15 is 0 Å². The highest BCUT2D eigenvalue weighted by Crippen LogP contribution is 2.29. The van der Waals surface area contributed by atoms with Crippen LogP contribution in [0.2, 0.25) is 5.02 Å². The number of rotatable bonds is 6. The molecule has 1 aromatic carbocycles. The molecule has 1 aliphatic rings. The molecule has 0 atom stereocenters. The highest BCUT2D eigenvalue weighted by atomic mass is 35.5. The molecule has 184 valence electrons. The molecular weight excluding hydrogens is 482 g/mol. The largest absolute Gasteiger partial charge is 0.348 e. The van der Waals surface area contributed by atoms with Crippen molar-refractivity contribution in [2.75, 3.05) is 13.1 Å². The van der Waals surface area contributed by atoms with Crippen LogP contribution in [0.5, 0.6) is 0 Å². The second-order valence-electron chi connectivity index (χ2n) is 9.56. The van der Waals surface area contributed by atoms with Crippen molar-refractivity contribution in [2.24, 2.45) is 5.41 Å². The van der Waals surface area contributed by atoms with E-state index in [-0.39, 0.29) is 35.6 Å². The van der Waals surface area contributed by atoms with E-state index in [1.165, 1.54) is 34.0 Å². The van der Waals surface area contributed by atoms with Gasteiger partial charge in [0, 0.05) is 36.2 Å². The third kappa shape index (κ3) is 4.59. The van der Waals surface area contributed by atoms with Crippen molar-refractivity contribution in [3.63, 3.8) is 0 Å². The van der Waals surface area contributed by atoms with Gasteiger partial charge < -0.3 is 10.2 Å². The van der Waals surface area contributed by atoms with Crippen molar-refractivity contribution in [3.05, 3.63) is 81.5 Å². The Hall–Kier alpha value is -4.05. The summed E-state index contributed by atoms with van der Waals surface area (Å²) in [4.78, 5) is 47.1. The van der Waals surface area contributed by atoms with Crippen LogP contribution in [-0.4, -0.2) is 54.3 Å². The topological polar surface area (TPSA) is 115 Å². The number of carbonyl (C=O) groups excluding carboxylic acids is 2. The van der Waals surface area contributed by atoms with Crippen LogP contribution in [0.15, 0.2) is 59.8 Å². The standard InChI is InChI=1S/C25H24ClN7O3/c1-25(2)14-31(15-25)21(34)13-32-22-18(20(7-8-27-22)33-29-9-10-30-33)11-19(24(32)36)23(35)28-12-16-3-5-17(26)6-4-16/h3-11H,12-15H2,1-2H3,(H,28,35). The molecule has 0 bridgehead atoms. The van der Waals surface area contributed by atoms with Crippen molar-refractivity contribution in [1.82, 2.24) is 34.8 Å². The van der Waals surface area contributed by atoms with Crippen LogP contribution in [0.25, 0.3) is 16.7 Å². The highest BCUT2D eigenvalue weighted by molar-refractivity contribution is 6.30. The van der Waals surface area contributed by atoms with E-state index in [9.17, 15) is 14.4 Å². The predicted molar refractivity (Wildman–Crippen MR) is 134 cm³/mol. The number of hydrogen-bond acceptors (Lipinski definition) is 6. The molecule has 3 aromatic heterocycles. The third-order valence-electron chi connectivity index (χ3n) is 6.10. The Labute approximate surface area is 211 Å². The van der Waals surface area contributed by atoms with Crippen molar-refractivity contribution < 1.29 is 9.59 Å². The Morgan fingerprint density at radius 3 is 2.42 bits per heavy atom. The number of amides is 2. The zero-order chi connectivity index (χ0) is 25.4. The van der Waals surface area contributed by atoms with Gasteiger partial charge >= 0.3 is 0 Å². The molecule has 1 saturated heterocycles. The van der Waals surface area contributed by atoms with Crippen molar-refractivity contribution in [3.8, 4) is 5.69 Å². The minimum Gasteiger partial charge on any atom is -0.348 e. The van der Waals surface area contributed by atoms with Gasteiger partial charge in [0.05, 0.1) is 18.1 Å². The van der Waals surface area contributed by atoms with Gasteiger partial charge in [0.2, 0.25) is 5.91 Å². The fourth-order valence-electron chi connectivity index (χ4n) is 4.36. The van der Waals surface area contributed by atoms with Gasteiger partial charge in [0.25, 0.3) is 11.5 Å². The normalized spacial score (nSPS) is 14.5. The molecule has 1 aliphatic heterocycles. The van der Waals surface area contributed by atoms with Crippen molar-refractivity contribution in [1.29, 1.82) is 0 Å². The molecule has 0 aliphatic carbocycles. The van der Waals surface area contributed by atoms with Gasteiger partial charge in [-0.3, -0.25) is 19.0 Å². The number of hydrogen-bond donors (Lipinski definition) is 1. The van der Waals surface area contributed by atoms with Gasteiger partial charge in [-0.15, -0.1) is 0 Å². The maximum atomic E-state index is 13.5. The first-order valence-corrected chi connectivity index (χ1v) is 11.8. The lowest BCUT2D eigenvalue weighted by atomic mass is 9.84. The van der Waals surface area contributed by atoms with E-state index in [1.54, 1.807) is 35.2 Å². The first-order valence-electron chi connectivity index (χ1n) is 11.4. The van der Waals surface area contributed by atoms with Gasteiger partial charge in [-0.1, -0.05) is 37.6 Å². The van der Waals surface area contributed by atoms with Gasteiger partial charge in [-0.2, -0.15) is 15.0 Å². The SMILES string of the molecule is CC1(C)CN(C(=O)Cn2c(=O)c(C(=O)NCc3ccc(Cl)cc3)cc3c(-n4nccn4)ccnc32)C1. The number of benzene rings is 1. The van der Waals surface area contributed by atoms with Gasteiger partial charge in [0.1, 0.15) is 17.8 Å². The Morgan fingerprint density at radius 2 is 1.75 bits per heavy atom. The van der Waals surface area contributed by atoms with Crippen LogP contribution in [-0.2, 0) is 17.9 Å². The zero-order valence-corrected chi connectivity index (χ0v) is 20.6. The van der Waals surface area contributed by atoms with Crippen LogP contribution in [0.1, 0.15) is 29.8 Å². The zero-order valence-electron chi connectivity index (χ0n) is 19.8. The molecule has 0 radical (unpaired) electrons. The number of halogens is 1.